The monoisotopic (exact) mass is 363 g/mol. The molecule has 1 aromatic heterocycles. The van der Waals surface area contributed by atoms with E-state index in [0.29, 0.717) is 23.1 Å². The van der Waals surface area contributed by atoms with Crippen molar-refractivity contribution in [2.24, 2.45) is 4.99 Å². The van der Waals surface area contributed by atoms with Gasteiger partial charge < -0.3 is 9.84 Å². The highest BCUT2D eigenvalue weighted by Crippen LogP contribution is 2.31. The van der Waals surface area contributed by atoms with Crippen LogP contribution in [0, 0.1) is 6.92 Å². The molecule has 27 heavy (non-hydrogen) atoms. The second-order valence-corrected chi connectivity index (χ2v) is 6.02. The Hall–Kier alpha value is -3.68. The molecule has 1 aliphatic rings. The number of amides is 1. The lowest BCUT2D eigenvalue weighted by Gasteiger charge is -2.13. The Balaban J connectivity index is 2.03. The molecule has 136 valence electrons. The van der Waals surface area contributed by atoms with Crippen LogP contribution in [0.25, 0.3) is 5.69 Å². The van der Waals surface area contributed by atoms with Crippen molar-refractivity contribution in [1.82, 2.24) is 20.1 Å². The Morgan fingerprint density at radius 1 is 1.19 bits per heavy atom. The van der Waals surface area contributed by atoms with Gasteiger partial charge in [0.25, 0.3) is 0 Å². The van der Waals surface area contributed by atoms with Crippen LogP contribution < -0.4 is 10.1 Å². The van der Waals surface area contributed by atoms with E-state index in [9.17, 15) is 9.90 Å². The number of ether oxygens (including phenoxy) is 1. The van der Waals surface area contributed by atoms with Gasteiger partial charge in [0.1, 0.15) is 11.6 Å². The van der Waals surface area contributed by atoms with Crippen molar-refractivity contribution in [3.8, 4) is 11.4 Å². The van der Waals surface area contributed by atoms with Crippen molar-refractivity contribution < 1.29 is 14.6 Å². The lowest BCUT2D eigenvalue weighted by Crippen LogP contribution is -2.27. The van der Waals surface area contributed by atoms with E-state index in [1.807, 2.05) is 60.0 Å². The molecule has 0 saturated heterocycles. The van der Waals surface area contributed by atoms with Crippen molar-refractivity contribution >= 4 is 11.8 Å². The van der Waals surface area contributed by atoms with Gasteiger partial charge in [-0.15, -0.1) is 10.2 Å². The summed E-state index contributed by atoms with van der Waals surface area (Å²) in [7, 11) is 1.60. The number of rotatable bonds is 3. The van der Waals surface area contributed by atoms with Crippen LogP contribution in [-0.2, 0) is 0 Å². The van der Waals surface area contributed by atoms with Gasteiger partial charge in [-0.3, -0.25) is 14.9 Å². The molecule has 2 heterocycles. The maximum Gasteiger partial charge on any atom is 0.406 e. The average molecular weight is 363 g/mol. The van der Waals surface area contributed by atoms with Crippen molar-refractivity contribution in [3.05, 3.63) is 71.3 Å². The zero-order chi connectivity index (χ0) is 19.0. The molecule has 4 rings (SSSR count). The lowest BCUT2D eigenvalue weighted by molar-refractivity contribution is 0.189. The zero-order valence-corrected chi connectivity index (χ0v) is 14.7. The average Bonchev–Trinajstić information content (AvgIpc) is 3.00. The number of benzene rings is 2. The SMILES string of the molecule is COc1ccc2c(c1)C(c1ccccc1)=NC(NC(=O)O)c1nnc(C)n1-2. The minimum Gasteiger partial charge on any atom is -0.497 e. The Kier molecular flexibility index (Phi) is 4.08. The Labute approximate surface area is 155 Å². The number of carbonyl (C=O) groups is 1. The summed E-state index contributed by atoms with van der Waals surface area (Å²) >= 11 is 0. The summed E-state index contributed by atoms with van der Waals surface area (Å²) in [6.45, 7) is 1.82. The molecule has 1 atom stereocenters. The van der Waals surface area contributed by atoms with Crippen molar-refractivity contribution in [2.45, 2.75) is 13.1 Å². The Morgan fingerprint density at radius 3 is 2.67 bits per heavy atom. The molecule has 1 aliphatic heterocycles. The van der Waals surface area contributed by atoms with Gasteiger partial charge in [-0.25, -0.2) is 4.79 Å². The van der Waals surface area contributed by atoms with Gasteiger partial charge in [0.2, 0.25) is 0 Å². The molecule has 0 aliphatic carbocycles. The fraction of sp³-hybridized carbons (Fsp3) is 0.158. The summed E-state index contributed by atoms with van der Waals surface area (Å²) in [5, 5.41) is 20.0. The molecular formula is C19H17N5O3. The maximum atomic E-state index is 11.4. The van der Waals surface area contributed by atoms with E-state index in [2.05, 4.69) is 15.5 Å². The van der Waals surface area contributed by atoms with Gasteiger partial charge >= 0.3 is 6.09 Å². The molecule has 3 aromatic rings. The highest BCUT2D eigenvalue weighted by Gasteiger charge is 2.29. The molecule has 1 amide bonds. The minimum absolute atomic E-state index is 0.409. The minimum atomic E-state index is -1.19. The van der Waals surface area contributed by atoms with Crippen molar-refractivity contribution in [3.63, 3.8) is 0 Å². The van der Waals surface area contributed by atoms with Crippen LogP contribution in [0.1, 0.15) is 28.9 Å². The first-order valence-electron chi connectivity index (χ1n) is 8.32. The largest absolute Gasteiger partial charge is 0.497 e. The molecule has 0 saturated carbocycles. The highest BCUT2D eigenvalue weighted by atomic mass is 16.5. The third kappa shape index (κ3) is 2.91. The van der Waals surface area contributed by atoms with E-state index in [-0.39, 0.29) is 0 Å². The van der Waals surface area contributed by atoms with Crippen LogP contribution >= 0.6 is 0 Å². The molecule has 8 heteroatoms. The van der Waals surface area contributed by atoms with E-state index >= 15 is 0 Å². The third-order valence-electron chi connectivity index (χ3n) is 4.36. The van der Waals surface area contributed by atoms with Crippen LogP contribution in [0.3, 0.4) is 0 Å². The molecule has 0 bridgehead atoms. The molecule has 2 N–H and O–H groups in total. The first-order valence-corrected chi connectivity index (χ1v) is 8.32. The maximum absolute atomic E-state index is 11.4. The molecule has 0 fully saturated rings. The molecular weight excluding hydrogens is 346 g/mol. The summed E-state index contributed by atoms with van der Waals surface area (Å²) in [5.74, 6) is 1.72. The summed E-state index contributed by atoms with van der Waals surface area (Å²) in [4.78, 5) is 16.1. The van der Waals surface area contributed by atoms with E-state index in [1.54, 1.807) is 7.11 Å². The summed E-state index contributed by atoms with van der Waals surface area (Å²) in [6.07, 6.45) is -2.08. The van der Waals surface area contributed by atoms with Crippen LogP contribution in [0.5, 0.6) is 5.75 Å². The molecule has 8 nitrogen and oxygen atoms in total. The number of aromatic nitrogens is 3. The van der Waals surface area contributed by atoms with Crippen LogP contribution in [0.15, 0.2) is 53.5 Å². The highest BCUT2D eigenvalue weighted by molar-refractivity contribution is 6.15. The van der Waals surface area contributed by atoms with Gasteiger partial charge in [-0.2, -0.15) is 0 Å². The smallest absolute Gasteiger partial charge is 0.406 e. The summed E-state index contributed by atoms with van der Waals surface area (Å²) in [5.41, 5.74) is 3.12. The van der Waals surface area contributed by atoms with E-state index in [0.717, 1.165) is 16.8 Å². The second-order valence-electron chi connectivity index (χ2n) is 6.02. The molecule has 2 aromatic carbocycles. The molecule has 1 unspecified atom stereocenters. The summed E-state index contributed by atoms with van der Waals surface area (Å²) < 4.78 is 7.21. The quantitative estimate of drug-likeness (QED) is 0.745. The van der Waals surface area contributed by atoms with Crippen LogP contribution in [0.4, 0.5) is 4.79 Å². The van der Waals surface area contributed by atoms with Gasteiger partial charge in [0.15, 0.2) is 12.0 Å². The molecule has 0 spiro atoms. The van der Waals surface area contributed by atoms with Gasteiger partial charge in [0, 0.05) is 11.1 Å². The predicted octanol–water partition coefficient (Wildman–Crippen LogP) is 2.70. The first kappa shape index (κ1) is 16.8. The number of nitrogens with zero attached hydrogens (tertiary/aromatic N) is 4. The summed E-state index contributed by atoms with van der Waals surface area (Å²) in [6, 6.07) is 15.2. The Bertz CT molecular complexity index is 1040. The fourth-order valence-corrected chi connectivity index (χ4v) is 3.18. The third-order valence-corrected chi connectivity index (χ3v) is 4.36. The zero-order valence-electron chi connectivity index (χ0n) is 14.7. The normalized spacial score (nSPS) is 15.2. The second kappa shape index (κ2) is 6.56. The topological polar surface area (TPSA) is 102 Å². The standard InChI is InChI=1S/C19H17N5O3/c1-11-22-23-18-17(21-19(25)26)20-16(12-6-4-3-5-7-12)14-10-13(27-2)8-9-15(14)24(11)18/h3-10,17,21H,1-2H3,(H,25,26). The van der Waals surface area contributed by atoms with Crippen LogP contribution in [0.2, 0.25) is 0 Å². The number of nitrogens with one attached hydrogen (secondary N) is 1. The van der Waals surface area contributed by atoms with E-state index in [4.69, 9.17) is 9.73 Å². The fourth-order valence-electron chi connectivity index (χ4n) is 3.18. The predicted molar refractivity (Wildman–Crippen MR) is 98.6 cm³/mol. The number of hydrogen-bond donors (Lipinski definition) is 2. The number of aliphatic imine (C=N–C) groups is 1. The Morgan fingerprint density at radius 2 is 1.96 bits per heavy atom. The van der Waals surface area contributed by atoms with Crippen molar-refractivity contribution in [2.75, 3.05) is 7.11 Å². The van der Waals surface area contributed by atoms with Gasteiger partial charge in [0.05, 0.1) is 18.5 Å². The number of fused-ring (bicyclic) bond motifs is 3. The van der Waals surface area contributed by atoms with Gasteiger partial charge in [-0.1, -0.05) is 30.3 Å². The van der Waals surface area contributed by atoms with E-state index < -0.39 is 12.3 Å². The number of hydrogen-bond acceptors (Lipinski definition) is 5. The number of aryl methyl sites for hydroxylation is 1. The van der Waals surface area contributed by atoms with Crippen molar-refractivity contribution in [1.29, 1.82) is 0 Å². The molecule has 0 radical (unpaired) electrons. The van der Waals surface area contributed by atoms with E-state index in [1.165, 1.54) is 0 Å². The first-order chi connectivity index (χ1) is 13.1. The number of carboxylic acid groups (broad SMARTS) is 1. The number of methoxy groups -OCH3 is 1. The van der Waals surface area contributed by atoms with Gasteiger partial charge in [-0.05, 0) is 25.1 Å². The lowest BCUT2D eigenvalue weighted by atomic mass is 10.00. The van der Waals surface area contributed by atoms with Crippen LogP contribution in [-0.4, -0.2) is 38.8 Å².